The first-order valence-electron chi connectivity index (χ1n) is 8.77. The molecule has 0 spiro atoms. The van der Waals surface area contributed by atoms with Crippen molar-refractivity contribution in [3.63, 3.8) is 0 Å². The van der Waals surface area contributed by atoms with Crippen molar-refractivity contribution in [2.45, 2.75) is 45.7 Å². The van der Waals surface area contributed by atoms with Crippen molar-refractivity contribution in [2.75, 3.05) is 26.2 Å². The number of hydrogen-bond donors (Lipinski definition) is 0. The minimum Gasteiger partial charge on any atom is -0.338 e. The lowest BCUT2D eigenvalue weighted by Crippen LogP contribution is -2.47. The fourth-order valence-corrected chi connectivity index (χ4v) is 3.15. The highest BCUT2D eigenvalue weighted by atomic mass is 16.5. The molecule has 1 saturated heterocycles. The van der Waals surface area contributed by atoms with Gasteiger partial charge in [-0.25, -0.2) is 0 Å². The Morgan fingerprint density at radius 3 is 2.21 bits per heavy atom. The van der Waals surface area contributed by atoms with Crippen LogP contribution in [0.4, 0.5) is 0 Å². The summed E-state index contributed by atoms with van der Waals surface area (Å²) >= 11 is 0. The van der Waals surface area contributed by atoms with Gasteiger partial charge in [0.15, 0.2) is 5.82 Å². The van der Waals surface area contributed by atoms with Gasteiger partial charge in [-0.15, -0.1) is 0 Å². The second kappa shape index (κ2) is 7.40. The minimum absolute atomic E-state index is 0.167. The Labute approximate surface area is 143 Å². The fraction of sp³-hybridized carbons (Fsp3) is 0.611. The molecule has 6 nitrogen and oxygen atoms in total. The van der Waals surface area contributed by atoms with Gasteiger partial charge in [-0.1, -0.05) is 25.1 Å². The Hall–Kier alpha value is -1.79. The summed E-state index contributed by atoms with van der Waals surface area (Å²) < 4.78 is 5.46. The Kier molecular flexibility index (Phi) is 5.26. The molecule has 0 aromatic carbocycles. The molecule has 1 aliphatic rings. The number of nitrogens with zero attached hydrogens (tertiary/aromatic N) is 5. The number of aromatic nitrogens is 3. The van der Waals surface area contributed by atoms with Crippen molar-refractivity contribution >= 4 is 0 Å². The van der Waals surface area contributed by atoms with Gasteiger partial charge in [0.1, 0.15) is 0 Å². The van der Waals surface area contributed by atoms with E-state index in [1.54, 1.807) is 0 Å². The lowest BCUT2D eigenvalue weighted by atomic mass is 10.1. The van der Waals surface area contributed by atoms with Crippen molar-refractivity contribution in [1.29, 1.82) is 0 Å². The van der Waals surface area contributed by atoms with Crippen LogP contribution in [0.15, 0.2) is 29.0 Å². The molecule has 0 N–H and O–H groups in total. The van der Waals surface area contributed by atoms with E-state index >= 15 is 0 Å². The maximum atomic E-state index is 5.46. The molecule has 2 atom stereocenters. The number of hydrogen-bond acceptors (Lipinski definition) is 6. The van der Waals surface area contributed by atoms with Crippen LogP contribution < -0.4 is 0 Å². The summed E-state index contributed by atoms with van der Waals surface area (Å²) in [6.07, 6.45) is 3.79. The summed E-state index contributed by atoms with van der Waals surface area (Å²) in [5.74, 6) is 1.82. The van der Waals surface area contributed by atoms with Crippen LogP contribution in [-0.4, -0.2) is 51.1 Å². The first-order chi connectivity index (χ1) is 11.6. The van der Waals surface area contributed by atoms with E-state index in [1.165, 1.54) is 5.56 Å². The molecule has 0 bridgehead atoms. The zero-order valence-electron chi connectivity index (χ0n) is 15.0. The molecule has 3 rings (SSSR count). The van der Waals surface area contributed by atoms with Crippen LogP contribution in [-0.2, 0) is 0 Å². The van der Waals surface area contributed by atoms with Gasteiger partial charge in [-0.3, -0.25) is 14.8 Å². The SMILES string of the molecule is CC(C)c1noc([C@H](C)N2CCN([C@H](C)c3cccnc3)CC2)n1. The summed E-state index contributed by atoms with van der Waals surface area (Å²) in [5, 5.41) is 4.08. The standard InChI is InChI=1S/C18H27N5O/c1-13(2)17-20-18(24-21-17)15(4)23-10-8-22(9-11-23)14(3)16-6-5-7-19-12-16/h5-7,12-15H,8-11H2,1-4H3/t14-,15+/m1/s1. The molecule has 1 fully saturated rings. The third-order valence-corrected chi connectivity index (χ3v) is 4.94. The quantitative estimate of drug-likeness (QED) is 0.840. The van der Waals surface area contributed by atoms with Crippen LogP contribution in [0, 0.1) is 0 Å². The summed E-state index contributed by atoms with van der Waals surface area (Å²) in [5.41, 5.74) is 1.28. The van der Waals surface area contributed by atoms with Gasteiger partial charge < -0.3 is 4.52 Å². The Morgan fingerprint density at radius 2 is 1.67 bits per heavy atom. The highest BCUT2D eigenvalue weighted by Gasteiger charge is 2.28. The van der Waals surface area contributed by atoms with E-state index in [0.29, 0.717) is 12.0 Å². The zero-order chi connectivity index (χ0) is 17.1. The van der Waals surface area contributed by atoms with E-state index < -0.39 is 0 Å². The minimum atomic E-state index is 0.167. The number of piperazine rings is 1. The van der Waals surface area contributed by atoms with Crippen LogP contribution in [0.3, 0.4) is 0 Å². The van der Waals surface area contributed by atoms with E-state index in [4.69, 9.17) is 4.52 Å². The molecule has 6 heteroatoms. The molecule has 2 aromatic heterocycles. The monoisotopic (exact) mass is 329 g/mol. The van der Waals surface area contributed by atoms with Gasteiger partial charge in [0, 0.05) is 50.5 Å². The van der Waals surface area contributed by atoms with Crippen molar-refractivity contribution in [3.8, 4) is 0 Å². The molecular formula is C18H27N5O. The Morgan fingerprint density at radius 1 is 1.00 bits per heavy atom. The smallest absolute Gasteiger partial charge is 0.243 e. The largest absolute Gasteiger partial charge is 0.338 e. The van der Waals surface area contributed by atoms with E-state index in [2.05, 4.69) is 58.7 Å². The summed E-state index contributed by atoms with van der Waals surface area (Å²) in [6, 6.07) is 4.72. The molecule has 2 aromatic rings. The normalized spacial score (nSPS) is 19.5. The van der Waals surface area contributed by atoms with Crippen LogP contribution in [0.25, 0.3) is 0 Å². The Balaban J connectivity index is 1.58. The third kappa shape index (κ3) is 3.65. The van der Waals surface area contributed by atoms with Crippen LogP contribution in [0.1, 0.15) is 63.0 Å². The summed E-state index contributed by atoms with van der Waals surface area (Å²) in [7, 11) is 0. The predicted molar refractivity (Wildman–Crippen MR) is 92.6 cm³/mol. The predicted octanol–water partition coefficient (Wildman–Crippen LogP) is 3.03. The lowest BCUT2D eigenvalue weighted by molar-refractivity contribution is 0.0677. The van der Waals surface area contributed by atoms with E-state index in [-0.39, 0.29) is 6.04 Å². The molecule has 0 radical (unpaired) electrons. The summed E-state index contributed by atoms with van der Waals surface area (Å²) in [4.78, 5) is 13.7. The summed E-state index contributed by atoms with van der Waals surface area (Å²) in [6.45, 7) is 12.6. The second-order valence-corrected chi connectivity index (χ2v) is 6.86. The molecule has 24 heavy (non-hydrogen) atoms. The molecule has 0 saturated carbocycles. The van der Waals surface area contributed by atoms with Crippen LogP contribution in [0.2, 0.25) is 0 Å². The average molecular weight is 329 g/mol. The molecule has 1 aliphatic heterocycles. The molecule has 0 aliphatic carbocycles. The van der Waals surface area contributed by atoms with Gasteiger partial charge in [0.2, 0.25) is 5.89 Å². The number of rotatable bonds is 5. The van der Waals surface area contributed by atoms with Crippen molar-refractivity contribution < 1.29 is 4.52 Å². The molecule has 130 valence electrons. The van der Waals surface area contributed by atoms with Gasteiger partial charge >= 0.3 is 0 Å². The number of pyridine rings is 1. The maximum Gasteiger partial charge on any atom is 0.243 e. The van der Waals surface area contributed by atoms with Crippen molar-refractivity contribution in [2.24, 2.45) is 0 Å². The average Bonchev–Trinajstić information content (AvgIpc) is 3.12. The molecular weight excluding hydrogens is 302 g/mol. The van der Waals surface area contributed by atoms with E-state index in [0.717, 1.165) is 37.9 Å². The highest BCUT2D eigenvalue weighted by molar-refractivity contribution is 5.13. The molecule has 0 unspecified atom stereocenters. The maximum absolute atomic E-state index is 5.46. The molecule has 3 heterocycles. The first kappa shape index (κ1) is 17.0. The Bertz CT molecular complexity index is 634. The topological polar surface area (TPSA) is 58.3 Å². The third-order valence-electron chi connectivity index (χ3n) is 4.94. The van der Waals surface area contributed by atoms with Gasteiger partial charge in [-0.2, -0.15) is 4.98 Å². The first-order valence-corrected chi connectivity index (χ1v) is 8.77. The molecule has 0 amide bonds. The van der Waals surface area contributed by atoms with Crippen molar-refractivity contribution in [3.05, 3.63) is 41.8 Å². The van der Waals surface area contributed by atoms with Gasteiger partial charge in [-0.05, 0) is 25.5 Å². The highest BCUT2D eigenvalue weighted by Crippen LogP contribution is 2.25. The van der Waals surface area contributed by atoms with Crippen molar-refractivity contribution in [1.82, 2.24) is 24.9 Å². The lowest BCUT2D eigenvalue weighted by Gasteiger charge is -2.39. The van der Waals surface area contributed by atoms with E-state index in [9.17, 15) is 0 Å². The van der Waals surface area contributed by atoms with Crippen LogP contribution >= 0.6 is 0 Å². The van der Waals surface area contributed by atoms with Gasteiger partial charge in [0.25, 0.3) is 0 Å². The fourth-order valence-electron chi connectivity index (χ4n) is 3.15. The van der Waals surface area contributed by atoms with Gasteiger partial charge in [0.05, 0.1) is 6.04 Å². The zero-order valence-corrected chi connectivity index (χ0v) is 15.0. The van der Waals surface area contributed by atoms with Crippen LogP contribution in [0.5, 0.6) is 0 Å². The second-order valence-electron chi connectivity index (χ2n) is 6.86. The van der Waals surface area contributed by atoms with E-state index in [1.807, 2.05) is 18.5 Å².